The topological polar surface area (TPSA) is 17.1 Å². The summed E-state index contributed by atoms with van der Waals surface area (Å²) in [6.45, 7) is 17.0. The van der Waals surface area contributed by atoms with Gasteiger partial charge in [0, 0.05) is 12.3 Å². The first-order valence-electron chi connectivity index (χ1n) is 12.9. The molecule has 0 radical (unpaired) electrons. The molecule has 1 heteroatoms. The van der Waals surface area contributed by atoms with Gasteiger partial charge < -0.3 is 0 Å². The summed E-state index contributed by atoms with van der Waals surface area (Å²) >= 11 is 0. The van der Waals surface area contributed by atoms with Crippen LogP contribution in [0.25, 0.3) is 0 Å². The van der Waals surface area contributed by atoms with Gasteiger partial charge in [0.25, 0.3) is 0 Å². The van der Waals surface area contributed by atoms with Crippen molar-refractivity contribution in [2.75, 3.05) is 0 Å². The molecular formula is C29H46O. The Bertz CT molecular complexity index is 767. The molecule has 0 bridgehead atoms. The van der Waals surface area contributed by atoms with Crippen LogP contribution in [0.4, 0.5) is 0 Å². The molecule has 1 nitrogen and oxygen atoms in total. The van der Waals surface area contributed by atoms with Gasteiger partial charge in [-0.2, -0.15) is 0 Å². The lowest BCUT2D eigenvalue weighted by molar-refractivity contribution is -0.185. The molecule has 4 rings (SSSR count). The lowest BCUT2D eigenvalue weighted by atomic mass is 9.37. The third-order valence-corrected chi connectivity index (χ3v) is 11.2. The zero-order valence-electron chi connectivity index (χ0n) is 20.9. The van der Waals surface area contributed by atoms with Crippen LogP contribution in [0.15, 0.2) is 22.8 Å². The van der Waals surface area contributed by atoms with Gasteiger partial charge >= 0.3 is 0 Å². The lowest BCUT2D eigenvalue weighted by Crippen LogP contribution is -2.61. The molecule has 4 aliphatic rings. The van der Waals surface area contributed by atoms with E-state index in [1.807, 2.05) is 5.57 Å². The number of fused-ring (bicyclic) bond motifs is 5. The summed E-state index contributed by atoms with van der Waals surface area (Å²) in [6.07, 6.45) is 14.9. The Balaban J connectivity index is 1.63. The Morgan fingerprint density at radius 2 is 1.70 bits per heavy atom. The molecule has 4 saturated carbocycles. The van der Waals surface area contributed by atoms with Gasteiger partial charge in [-0.1, -0.05) is 50.5 Å². The minimum atomic E-state index is 0.287. The van der Waals surface area contributed by atoms with E-state index in [9.17, 15) is 4.79 Å². The van der Waals surface area contributed by atoms with Crippen LogP contribution in [0.5, 0.6) is 0 Å². The Morgan fingerprint density at radius 3 is 2.40 bits per heavy atom. The van der Waals surface area contributed by atoms with E-state index in [0.29, 0.717) is 27.9 Å². The highest BCUT2D eigenvalue weighted by Gasteiger charge is 2.66. The largest absolute Gasteiger partial charge is 0.299 e. The lowest BCUT2D eigenvalue weighted by Gasteiger charge is -2.67. The standard InChI is InChI=1S/C29H46O/c1-19(2)9-8-10-20(3)22-13-17-28(6)24(22)11-12-26-27(5)16-15-25(30)21(4)23(27)14-18-29(26,28)7/h9,21,23-24,26H,8,10-18H2,1-7H3/b22-20-/t21-,23-,24-,26-,27-,28-,29-/m0/s1. The van der Waals surface area contributed by atoms with Crippen LogP contribution in [-0.2, 0) is 4.79 Å². The van der Waals surface area contributed by atoms with Crippen molar-refractivity contribution >= 4 is 5.78 Å². The molecule has 0 aliphatic heterocycles. The molecule has 0 spiro atoms. The molecule has 0 heterocycles. The number of ketones is 1. The van der Waals surface area contributed by atoms with E-state index in [1.165, 1.54) is 56.9 Å². The summed E-state index contributed by atoms with van der Waals surface area (Å²) in [4.78, 5) is 12.5. The van der Waals surface area contributed by atoms with Crippen molar-refractivity contribution in [2.45, 2.75) is 113 Å². The number of Topliss-reactive ketones (excluding diaryl/α,β-unsaturated/α-hetero) is 1. The molecule has 4 fully saturated rings. The molecule has 30 heavy (non-hydrogen) atoms. The normalized spacial score (nSPS) is 47.2. The summed E-state index contributed by atoms with van der Waals surface area (Å²) in [6, 6.07) is 0. The third kappa shape index (κ3) is 3.12. The van der Waals surface area contributed by atoms with Gasteiger partial charge in [0.2, 0.25) is 0 Å². The van der Waals surface area contributed by atoms with Crippen molar-refractivity contribution in [1.29, 1.82) is 0 Å². The number of carbonyl (C=O) groups excluding carboxylic acids is 1. The van der Waals surface area contributed by atoms with E-state index in [4.69, 9.17) is 0 Å². The van der Waals surface area contributed by atoms with Gasteiger partial charge in [0.05, 0.1) is 0 Å². The number of carbonyl (C=O) groups is 1. The average molecular weight is 411 g/mol. The molecule has 0 saturated heterocycles. The fourth-order valence-corrected chi connectivity index (χ4v) is 9.19. The van der Waals surface area contributed by atoms with Crippen molar-refractivity contribution < 1.29 is 4.79 Å². The quantitative estimate of drug-likeness (QED) is 0.428. The molecule has 0 N–H and O–H groups in total. The Kier molecular flexibility index (Phi) is 5.68. The van der Waals surface area contributed by atoms with Crippen LogP contribution < -0.4 is 0 Å². The number of rotatable bonds is 3. The van der Waals surface area contributed by atoms with Crippen LogP contribution in [0.3, 0.4) is 0 Å². The van der Waals surface area contributed by atoms with Crippen molar-refractivity contribution in [3.63, 3.8) is 0 Å². The zero-order chi connectivity index (χ0) is 21.9. The van der Waals surface area contributed by atoms with Gasteiger partial charge in [-0.3, -0.25) is 4.79 Å². The predicted molar refractivity (Wildman–Crippen MR) is 127 cm³/mol. The van der Waals surface area contributed by atoms with E-state index in [-0.39, 0.29) is 5.92 Å². The molecule has 0 unspecified atom stereocenters. The van der Waals surface area contributed by atoms with Crippen LogP contribution in [-0.4, -0.2) is 5.78 Å². The van der Waals surface area contributed by atoms with Gasteiger partial charge in [0.15, 0.2) is 0 Å². The third-order valence-electron chi connectivity index (χ3n) is 11.2. The monoisotopic (exact) mass is 410 g/mol. The Labute approximate surface area is 186 Å². The van der Waals surface area contributed by atoms with Crippen molar-refractivity contribution in [3.05, 3.63) is 22.8 Å². The molecule has 0 aromatic carbocycles. The fraction of sp³-hybridized carbons (Fsp3) is 0.828. The van der Waals surface area contributed by atoms with E-state index >= 15 is 0 Å². The Hall–Kier alpha value is -0.850. The van der Waals surface area contributed by atoms with Gasteiger partial charge in [0.1, 0.15) is 5.78 Å². The van der Waals surface area contributed by atoms with Gasteiger partial charge in [-0.05, 0) is 113 Å². The summed E-state index contributed by atoms with van der Waals surface area (Å²) in [7, 11) is 0. The zero-order valence-corrected chi connectivity index (χ0v) is 20.9. The SMILES string of the molecule is CC(C)=CCC/C(C)=C1/CC[C@@]2(C)[C@H]1CC[C@H]1[C@@]3(C)CCC(=O)[C@@H](C)[C@@H]3CC[C@@]12C. The fourth-order valence-electron chi connectivity index (χ4n) is 9.19. The van der Waals surface area contributed by atoms with Gasteiger partial charge in [-0.15, -0.1) is 0 Å². The highest BCUT2D eigenvalue weighted by Crippen LogP contribution is 2.74. The molecule has 0 aromatic heterocycles. The molecular weight excluding hydrogens is 364 g/mol. The second-order valence-corrected chi connectivity index (χ2v) is 12.5. The van der Waals surface area contributed by atoms with E-state index in [2.05, 4.69) is 54.5 Å². The van der Waals surface area contributed by atoms with E-state index in [1.54, 1.807) is 5.57 Å². The number of allylic oxidation sites excluding steroid dienone is 4. The maximum atomic E-state index is 12.5. The van der Waals surface area contributed by atoms with Gasteiger partial charge in [-0.25, -0.2) is 0 Å². The van der Waals surface area contributed by atoms with Crippen LogP contribution in [0.2, 0.25) is 0 Å². The first-order valence-corrected chi connectivity index (χ1v) is 12.9. The maximum Gasteiger partial charge on any atom is 0.136 e. The van der Waals surface area contributed by atoms with Crippen LogP contribution in [0.1, 0.15) is 113 Å². The van der Waals surface area contributed by atoms with E-state index in [0.717, 1.165) is 24.7 Å². The van der Waals surface area contributed by atoms with Crippen LogP contribution in [0, 0.1) is 39.9 Å². The van der Waals surface area contributed by atoms with Crippen LogP contribution >= 0.6 is 0 Å². The molecule has 7 atom stereocenters. The second kappa shape index (κ2) is 7.63. The van der Waals surface area contributed by atoms with Crippen molar-refractivity contribution in [1.82, 2.24) is 0 Å². The first kappa shape index (κ1) is 22.3. The second-order valence-electron chi connectivity index (χ2n) is 12.5. The van der Waals surface area contributed by atoms with Crippen molar-refractivity contribution in [2.24, 2.45) is 39.9 Å². The average Bonchev–Trinajstić information content (AvgIpc) is 3.03. The smallest absolute Gasteiger partial charge is 0.136 e. The summed E-state index contributed by atoms with van der Waals surface area (Å²) in [5.74, 6) is 3.05. The molecule has 0 aromatic rings. The molecule has 0 amide bonds. The summed E-state index contributed by atoms with van der Waals surface area (Å²) < 4.78 is 0. The highest BCUT2D eigenvalue weighted by molar-refractivity contribution is 5.82. The Morgan fingerprint density at radius 1 is 0.967 bits per heavy atom. The minimum absolute atomic E-state index is 0.287. The number of hydrogen-bond acceptors (Lipinski definition) is 1. The summed E-state index contributed by atoms with van der Waals surface area (Å²) in [5.41, 5.74) is 6.23. The van der Waals surface area contributed by atoms with Crippen molar-refractivity contribution in [3.8, 4) is 0 Å². The number of hydrogen-bond donors (Lipinski definition) is 0. The van der Waals surface area contributed by atoms with E-state index < -0.39 is 0 Å². The maximum absolute atomic E-state index is 12.5. The molecule has 4 aliphatic carbocycles. The predicted octanol–water partition coefficient (Wildman–Crippen LogP) is 8.30. The minimum Gasteiger partial charge on any atom is -0.299 e. The first-order chi connectivity index (χ1) is 14.0. The molecule has 168 valence electrons. The highest BCUT2D eigenvalue weighted by atomic mass is 16.1. The summed E-state index contributed by atoms with van der Waals surface area (Å²) in [5, 5.41) is 0.